The number of rotatable bonds is 4. The lowest BCUT2D eigenvalue weighted by Crippen LogP contribution is -2.34. The van der Waals surface area contributed by atoms with Crippen LogP contribution in [-0.4, -0.2) is 30.2 Å². The minimum atomic E-state index is -0.966. The fraction of sp³-hybridized carbons (Fsp3) is 0.312. The molecule has 2 amide bonds. The predicted molar refractivity (Wildman–Crippen MR) is 84.1 cm³/mol. The van der Waals surface area contributed by atoms with Crippen LogP contribution in [0, 0.1) is 11.8 Å². The number of carbonyl (C=O) groups excluding carboxylic acids is 2. The number of nitrogens with one attached hydrogen (secondary N) is 2. The fourth-order valence-electron chi connectivity index (χ4n) is 2.42. The average molecular weight is 318 g/mol. The average Bonchev–Trinajstić information content (AvgIpc) is 2.56. The van der Waals surface area contributed by atoms with Gasteiger partial charge < -0.3 is 15.2 Å². The summed E-state index contributed by atoms with van der Waals surface area (Å²) in [6, 6.07) is 6.47. The maximum atomic E-state index is 12.3. The summed E-state index contributed by atoms with van der Waals surface area (Å²) in [7, 11) is 1.27. The standard InChI is InChI=1S/C16H18N2O5/c1-23-16(22)18-11-8-6-10(7-9-11)17-14(19)12-4-2-3-5-13(12)15(20)21/h2-3,6-9,12-13H,4-5H2,1H3,(H,17,19)(H,18,22)(H,20,21). The first kappa shape index (κ1) is 16.5. The molecule has 0 saturated heterocycles. The maximum Gasteiger partial charge on any atom is 0.411 e. The topological polar surface area (TPSA) is 105 Å². The molecule has 7 nitrogen and oxygen atoms in total. The van der Waals surface area contributed by atoms with Crippen molar-refractivity contribution in [2.45, 2.75) is 12.8 Å². The van der Waals surface area contributed by atoms with Crippen LogP contribution in [0.15, 0.2) is 36.4 Å². The quantitative estimate of drug-likeness (QED) is 0.740. The number of methoxy groups -OCH3 is 1. The van der Waals surface area contributed by atoms with E-state index in [2.05, 4.69) is 15.4 Å². The van der Waals surface area contributed by atoms with Crippen LogP contribution in [0.4, 0.5) is 16.2 Å². The van der Waals surface area contributed by atoms with E-state index in [1.54, 1.807) is 30.3 Å². The molecule has 1 aromatic carbocycles. The SMILES string of the molecule is COC(=O)Nc1ccc(NC(=O)C2CC=CCC2C(=O)O)cc1. The molecule has 0 bridgehead atoms. The molecule has 1 aliphatic rings. The molecule has 0 aromatic heterocycles. The highest BCUT2D eigenvalue weighted by Crippen LogP contribution is 2.27. The molecule has 0 fully saturated rings. The van der Waals surface area contributed by atoms with Gasteiger partial charge in [0, 0.05) is 11.4 Å². The first-order valence-electron chi connectivity index (χ1n) is 7.15. The second-order valence-electron chi connectivity index (χ2n) is 5.18. The van der Waals surface area contributed by atoms with Crippen molar-refractivity contribution in [1.82, 2.24) is 0 Å². The van der Waals surface area contributed by atoms with Crippen molar-refractivity contribution >= 4 is 29.3 Å². The van der Waals surface area contributed by atoms with Gasteiger partial charge in [-0.15, -0.1) is 0 Å². The largest absolute Gasteiger partial charge is 0.481 e. The zero-order chi connectivity index (χ0) is 16.8. The number of ether oxygens (including phenoxy) is 1. The van der Waals surface area contributed by atoms with Gasteiger partial charge in [0.2, 0.25) is 5.91 Å². The van der Waals surface area contributed by atoms with Crippen LogP contribution < -0.4 is 10.6 Å². The summed E-state index contributed by atoms with van der Waals surface area (Å²) in [4.78, 5) is 34.6. The summed E-state index contributed by atoms with van der Waals surface area (Å²) < 4.78 is 4.48. The van der Waals surface area contributed by atoms with E-state index in [1.807, 2.05) is 6.08 Å². The number of aliphatic carboxylic acids is 1. The molecular formula is C16H18N2O5. The Morgan fingerprint density at radius 1 is 1.00 bits per heavy atom. The van der Waals surface area contributed by atoms with Crippen LogP contribution in [0.2, 0.25) is 0 Å². The zero-order valence-electron chi connectivity index (χ0n) is 12.6. The number of carboxylic acid groups (broad SMARTS) is 1. The molecule has 7 heteroatoms. The third-order valence-corrected chi connectivity index (χ3v) is 3.67. The Hall–Kier alpha value is -2.83. The zero-order valence-corrected chi connectivity index (χ0v) is 12.6. The van der Waals surface area contributed by atoms with Crippen LogP contribution in [0.5, 0.6) is 0 Å². The molecule has 23 heavy (non-hydrogen) atoms. The number of carbonyl (C=O) groups is 3. The van der Waals surface area contributed by atoms with E-state index < -0.39 is 23.9 Å². The van der Waals surface area contributed by atoms with Crippen molar-refractivity contribution in [2.75, 3.05) is 17.7 Å². The highest BCUT2D eigenvalue weighted by molar-refractivity contribution is 5.95. The Bertz CT molecular complexity index is 624. The molecule has 1 aliphatic carbocycles. The molecule has 2 rings (SSSR count). The van der Waals surface area contributed by atoms with Crippen LogP contribution in [0.3, 0.4) is 0 Å². The van der Waals surface area contributed by atoms with E-state index in [4.69, 9.17) is 0 Å². The number of hydrogen-bond acceptors (Lipinski definition) is 4. The Balaban J connectivity index is 2.00. The van der Waals surface area contributed by atoms with Crippen molar-refractivity contribution in [3.63, 3.8) is 0 Å². The minimum Gasteiger partial charge on any atom is -0.481 e. The van der Waals surface area contributed by atoms with E-state index >= 15 is 0 Å². The number of benzene rings is 1. The van der Waals surface area contributed by atoms with Gasteiger partial charge in [0.05, 0.1) is 18.9 Å². The molecule has 0 aliphatic heterocycles. The Morgan fingerprint density at radius 2 is 1.52 bits per heavy atom. The molecule has 2 unspecified atom stereocenters. The smallest absolute Gasteiger partial charge is 0.411 e. The molecule has 0 spiro atoms. The van der Waals surface area contributed by atoms with E-state index in [0.717, 1.165) is 0 Å². The van der Waals surface area contributed by atoms with Crippen molar-refractivity contribution in [3.8, 4) is 0 Å². The van der Waals surface area contributed by atoms with Gasteiger partial charge in [-0.2, -0.15) is 0 Å². The molecule has 0 radical (unpaired) electrons. The molecule has 2 atom stereocenters. The summed E-state index contributed by atoms with van der Waals surface area (Å²) in [6.07, 6.45) is 3.79. The van der Waals surface area contributed by atoms with Gasteiger partial charge in [0.1, 0.15) is 0 Å². The summed E-state index contributed by atoms with van der Waals surface area (Å²) in [5.74, 6) is -2.59. The third kappa shape index (κ3) is 4.32. The second-order valence-corrected chi connectivity index (χ2v) is 5.18. The van der Waals surface area contributed by atoms with E-state index in [-0.39, 0.29) is 5.91 Å². The Morgan fingerprint density at radius 3 is 2.04 bits per heavy atom. The summed E-state index contributed by atoms with van der Waals surface area (Å²) in [6.45, 7) is 0. The lowest BCUT2D eigenvalue weighted by atomic mass is 9.82. The van der Waals surface area contributed by atoms with Crippen molar-refractivity contribution in [3.05, 3.63) is 36.4 Å². The summed E-state index contributed by atoms with van der Waals surface area (Å²) >= 11 is 0. The van der Waals surface area contributed by atoms with Gasteiger partial charge in [-0.1, -0.05) is 12.2 Å². The van der Waals surface area contributed by atoms with Gasteiger partial charge >= 0.3 is 12.1 Å². The molecule has 122 valence electrons. The lowest BCUT2D eigenvalue weighted by Gasteiger charge is -2.24. The number of amides is 2. The number of allylic oxidation sites excluding steroid dienone is 2. The molecule has 1 aromatic rings. The Kier molecular flexibility index (Phi) is 5.35. The van der Waals surface area contributed by atoms with Crippen molar-refractivity contribution in [1.29, 1.82) is 0 Å². The van der Waals surface area contributed by atoms with Crippen LogP contribution >= 0.6 is 0 Å². The van der Waals surface area contributed by atoms with Crippen molar-refractivity contribution in [2.24, 2.45) is 11.8 Å². The van der Waals surface area contributed by atoms with Crippen LogP contribution in [-0.2, 0) is 14.3 Å². The first-order chi connectivity index (χ1) is 11.0. The van der Waals surface area contributed by atoms with Gasteiger partial charge in [0.25, 0.3) is 0 Å². The van der Waals surface area contributed by atoms with E-state index in [1.165, 1.54) is 7.11 Å². The summed E-state index contributed by atoms with van der Waals surface area (Å²) in [5, 5.41) is 14.4. The normalized spacial score (nSPS) is 19.7. The number of anilines is 2. The predicted octanol–water partition coefficient (Wildman–Crippen LogP) is 2.47. The van der Waals surface area contributed by atoms with Gasteiger partial charge in [-0.05, 0) is 37.1 Å². The molecule has 3 N–H and O–H groups in total. The highest BCUT2D eigenvalue weighted by Gasteiger charge is 2.33. The van der Waals surface area contributed by atoms with Gasteiger partial charge in [-0.25, -0.2) is 4.79 Å². The number of carboxylic acids is 1. The molecule has 0 saturated carbocycles. The van der Waals surface area contributed by atoms with E-state index in [0.29, 0.717) is 24.2 Å². The number of hydrogen-bond donors (Lipinski definition) is 3. The van der Waals surface area contributed by atoms with Crippen LogP contribution in [0.25, 0.3) is 0 Å². The fourth-order valence-corrected chi connectivity index (χ4v) is 2.42. The first-order valence-corrected chi connectivity index (χ1v) is 7.15. The third-order valence-electron chi connectivity index (χ3n) is 3.67. The minimum absolute atomic E-state index is 0.324. The van der Waals surface area contributed by atoms with Gasteiger partial charge in [0.15, 0.2) is 0 Å². The highest BCUT2D eigenvalue weighted by atomic mass is 16.5. The summed E-state index contributed by atoms with van der Waals surface area (Å²) in [5.41, 5.74) is 1.06. The lowest BCUT2D eigenvalue weighted by molar-refractivity contribution is -0.146. The second kappa shape index (κ2) is 7.44. The molecular weight excluding hydrogens is 300 g/mol. The van der Waals surface area contributed by atoms with E-state index in [9.17, 15) is 19.5 Å². The maximum absolute atomic E-state index is 12.3. The van der Waals surface area contributed by atoms with Crippen molar-refractivity contribution < 1.29 is 24.2 Å². The monoisotopic (exact) mass is 318 g/mol. The van der Waals surface area contributed by atoms with Crippen LogP contribution in [0.1, 0.15) is 12.8 Å². The molecule has 0 heterocycles. The van der Waals surface area contributed by atoms with Gasteiger partial charge in [-0.3, -0.25) is 14.9 Å². The Labute approximate surface area is 133 Å².